The van der Waals surface area contributed by atoms with Gasteiger partial charge in [0.15, 0.2) is 0 Å². The highest BCUT2D eigenvalue weighted by Gasteiger charge is 2.08. The van der Waals surface area contributed by atoms with Crippen molar-refractivity contribution in [1.82, 2.24) is 9.97 Å². The topological polar surface area (TPSA) is 25.8 Å². The number of hydrogen-bond acceptors (Lipinski definition) is 2. The monoisotopic (exact) mass is 245 g/mol. The minimum atomic E-state index is 0.946. The van der Waals surface area contributed by atoms with Crippen LogP contribution in [0.15, 0.2) is 67.1 Å². The molecule has 0 saturated carbocycles. The molecule has 0 unspecified atom stereocenters. The Labute approximate surface area is 112 Å². The molecule has 0 aliphatic carbocycles. The number of aromatic nitrogens is 2. The summed E-state index contributed by atoms with van der Waals surface area (Å²) in [5.74, 6) is 0. The van der Waals surface area contributed by atoms with E-state index in [9.17, 15) is 0 Å². The predicted octanol–water partition coefficient (Wildman–Crippen LogP) is 3.99. The van der Waals surface area contributed by atoms with Gasteiger partial charge in [0.05, 0.1) is 5.69 Å². The molecule has 91 valence electrons. The number of hydrogen-bond donors (Lipinski definition) is 0. The Hall–Kier alpha value is -2.48. The number of nitrogens with zero attached hydrogens (tertiary/aromatic N) is 2. The smallest absolute Gasteiger partial charge is 0.116 e. The molecule has 0 spiro atoms. The van der Waals surface area contributed by atoms with Gasteiger partial charge in [0, 0.05) is 17.3 Å². The van der Waals surface area contributed by atoms with E-state index in [1.807, 2.05) is 48.7 Å². The molecule has 0 aliphatic rings. The Morgan fingerprint density at radius 2 is 1.53 bits per heavy atom. The van der Waals surface area contributed by atoms with Crippen LogP contribution in [0.3, 0.4) is 0 Å². The largest absolute Gasteiger partial charge is 0.244 e. The molecule has 2 nitrogen and oxygen atoms in total. The molecule has 1 heterocycles. The molecule has 2 heteroatoms. The zero-order valence-corrected chi connectivity index (χ0v) is 10.5. The van der Waals surface area contributed by atoms with Gasteiger partial charge in [0.25, 0.3) is 0 Å². The summed E-state index contributed by atoms with van der Waals surface area (Å²) in [5.41, 5.74) is 5.19. The van der Waals surface area contributed by atoms with E-state index in [-0.39, 0.29) is 0 Å². The van der Waals surface area contributed by atoms with Crippen molar-refractivity contribution in [2.75, 3.05) is 0 Å². The molecule has 0 N–H and O–H groups in total. The molecule has 1 aromatic heterocycles. The summed E-state index contributed by atoms with van der Waals surface area (Å²) in [6.45, 7) is 3.90. The molecule has 19 heavy (non-hydrogen) atoms. The lowest BCUT2D eigenvalue weighted by atomic mass is 10.0. The van der Waals surface area contributed by atoms with Gasteiger partial charge in [-0.2, -0.15) is 0 Å². The van der Waals surface area contributed by atoms with E-state index in [0.29, 0.717) is 0 Å². The SMILES string of the molecule is [CH2]c1ccc(-c2ncncc2-c2ccccc2)cc1. The molecule has 2 aromatic carbocycles. The summed E-state index contributed by atoms with van der Waals surface area (Å²) in [5, 5.41) is 0. The van der Waals surface area contributed by atoms with Crippen molar-refractivity contribution in [3.05, 3.63) is 79.6 Å². The first-order valence-corrected chi connectivity index (χ1v) is 6.12. The van der Waals surface area contributed by atoms with Crippen LogP contribution in [0.25, 0.3) is 22.4 Å². The first-order chi connectivity index (χ1) is 9.34. The van der Waals surface area contributed by atoms with Crippen LogP contribution in [-0.2, 0) is 0 Å². The maximum Gasteiger partial charge on any atom is 0.116 e. The van der Waals surface area contributed by atoms with E-state index in [1.165, 1.54) is 0 Å². The molecule has 0 atom stereocenters. The van der Waals surface area contributed by atoms with E-state index in [2.05, 4.69) is 29.0 Å². The number of benzene rings is 2. The average molecular weight is 245 g/mol. The third-order valence-corrected chi connectivity index (χ3v) is 3.02. The molecule has 0 amide bonds. The molecule has 1 radical (unpaired) electrons. The van der Waals surface area contributed by atoms with Gasteiger partial charge in [-0.1, -0.05) is 54.6 Å². The fourth-order valence-corrected chi connectivity index (χ4v) is 2.05. The highest BCUT2D eigenvalue weighted by Crippen LogP contribution is 2.29. The molecule has 0 fully saturated rings. The molecule has 0 aliphatic heterocycles. The van der Waals surface area contributed by atoms with Crippen molar-refractivity contribution in [2.45, 2.75) is 0 Å². The van der Waals surface area contributed by atoms with Crippen LogP contribution in [0, 0.1) is 6.92 Å². The zero-order valence-electron chi connectivity index (χ0n) is 10.5. The van der Waals surface area contributed by atoms with Crippen LogP contribution in [-0.4, -0.2) is 9.97 Å². The molecule has 0 saturated heterocycles. The van der Waals surface area contributed by atoms with Gasteiger partial charge >= 0.3 is 0 Å². The fourth-order valence-electron chi connectivity index (χ4n) is 2.05. The van der Waals surface area contributed by atoms with Crippen molar-refractivity contribution < 1.29 is 0 Å². The normalized spacial score (nSPS) is 10.4. The van der Waals surface area contributed by atoms with Gasteiger partial charge in [0.1, 0.15) is 6.33 Å². The minimum Gasteiger partial charge on any atom is -0.244 e. The van der Waals surface area contributed by atoms with Crippen molar-refractivity contribution in [3.8, 4) is 22.4 Å². The zero-order chi connectivity index (χ0) is 13.1. The van der Waals surface area contributed by atoms with Gasteiger partial charge in [-0.25, -0.2) is 9.97 Å². The quantitative estimate of drug-likeness (QED) is 0.682. The van der Waals surface area contributed by atoms with Crippen molar-refractivity contribution >= 4 is 0 Å². The van der Waals surface area contributed by atoms with Crippen LogP contribution in [0.1, 0.15) is 5.56 Å². The lowest BCUT2D eigenvalue weighted by molar-refractivity contribution is 1.17. The summed E-state index contributed by atoms with van der Waals surface area (Å²) >= 11 is 0. The summed E-state index contributed by atoms with van der Waals surface area (Å²) in [6.07, 6.45) is 3.44. The second-order valence-corrected chi connectivity index (χ2v) is 4.35. The summed E-state index contributed by atoms with van der Waals surface area (Å²) in [6, 6.07) is 18.2. The second-order valence-electron chi connectivity index (χ2n) is 4.35. The van der Waals surface area contributed by atoms with E-state index in [1.54, 1.807) is 6.33 Å². The Kier molecular flexibility index (Phi) is 3.07. The van der Waals surface area contributed by atoms with E-state index >= 15 is 0 Å². The standard InChI is InChI=1S/C17H13N2/c1-13-7-9-15(10-8-13)17-16(11-18-12-19-17)14-5-3-2-4-6-14/h2-12H,1H2. The van der Waals surface area contributed by atoms with Gasteiger partial charge < -0.3 is 0 Å². The summed E-state index contributed by atoms with van der Waals surface area (Å²) in [7, 11) is 0. The number of rotatable bonds is 2. The van der Waals surface area contributed by atoms with Crippen LogP contribution in [0.2, 0.25) is 0 Å². The molecular weight excluding hydrogens is 232 g/mol. The van der Waals surface area contributed by atoms with E-state index in [4.69, 9.17) is 0 Å². The molecular formula is C17H13N2. The van der Waals surface area contributed by atoms with Crippen molar-refractivity contribution in [1.29, 1.82) is 0 Å². The van der Waals surface area contributed by atoms with Crippen LogP contribution in [0.5, 0.6) is 0 Å². The van der Waals surface area contributed by atoms with Crippen molar-refractivity contribution in [2.24, 2.45) is 0 Å². The lowest BCUT2D eigenvalue weighted by Gasteiger charge is -2.08. The van der Waals surface area contributed by atoms with Gasteiger partial charge in [-0.15, -0.1) is 0 Å². The third-order valence-electron chi connectivity index (χ3n) is 3.02. The molecule has 3 rings (SSSR count). The Morgan fingerprint density at radius 1 is 0.789 bits per heavy atom. The average Bonchev–Trinajstić information content (AvgIpc) is 2.49. The van der Waals surface area contributed by atoms with E-state index in [0.717, 1.165) is 27.9 Å². The third kappa shape index (κ3) is 2.38. The van der Waals surface area contributed by atoms with Crippen LogP contribution < -0.4 is 0 Å². The summed E-state index contributed by atoms with van der Waals surface area (Å²) < 4.78 is 0. The maximum absolute atomic E-state index is 4.42. The molecule has 0 bridgehead atoms. The Morgan fingerprint density at radius 3 is 2.26 bits per heavy atom. The highest BCUT2D eigenvalue weighted by atomic mass is 14.8. The maximum atomic E-state index is 4.42. The first kappa shape index (κ1) is 11.6. The Bertz CT molecular complexity index is 673. The van der Waals surface area contributed by atoms with Crippen molar-refractivity contribution in [3.63, 3.8) is 0 Å². The van der Waals surface area contributed by atoms with Gasteiger partial charge in [-0.3, -0.25) is 0 Å². The van der Waals surface area contributed by atoms with Crippen LogP contribution in [0.4, 0.5) is 0 Å². The first-order valence-electron chi connectivity index (χ1n) is 6.12. The van der Waals surface area contributed by atoms with Gasteiger partial charge in [-0.05, 0) is 18.1 Å². The highest BCUT2D eigenvalue weighted by molar-refractivity contribution is 5.79. The van der Waals surface area contributed by atoms with Gasteiger partial charge in [0.2, 0.25) is 0 Å². The van der Waals surface area contributed by atoms with E-state index < -0.39 is 0 Å². The lowest BCUT2D eigenvalue weighted by Crippen LogP contribution is -1.90. The fraction of sp³-hybridized carbons (Fsp3) is 0. The molecule has 3 aromatic rings. The van der Waals surface area contributed by atoms with Crippen LogP contribution >= 0.6 is 0 Å². The second kappa shape index (κ2) is 5.02. The minimum absolute atomic E-state index is 0.946. The predicted molar refractivity (Wildman–Crippen MR) is 77.4 cm³/mol. The Balaban J connectivity index is 2.15. The summed E-state index contributed by atoms with van der Waals surface area (Å²) in [4.78, 5) is 8.56.